The van der Waals surface area contributed by atoms with Gasteiger partial charge in [-0.2, -0.15) is 0 Å². The summed E-state index contributed by atoms with van der Waals surface area (Å²) in [5, 5.41) is 0. The fourth-order valence-electron chi connectivity index (χ4n) is 1.86. The molecular formula is C13H19Cl. The Morgan fingerprint density at radius 3 is 1.71 bits per heavy atom. The Morgan fingerprint density at radius 1 is 1.00 bits per heavy atom. The van der Waals surface area contributed by atoms with Crippen molar-refractivity contribution in [2.24, 2.45) is 0 Å². The van der Waals surface area contributed by atoms with Crippen LogP contribution in [0.1, 0.15) is 56.2 Å². The van der Waals surface area contributed by atoms with Gasteiger partial charge in [0, 0.05) is 5.88 Å². The van der Waals surface area contributed by atoms with Crippen molar-refractivity contribution in [2.45, 2.75) is 45.4 Å². The van der Waals surface area contributed by atoms with Gasteiger partial charge < -0.3 is 0 Å². The summed E-state index contributed by atoms with van der Waals surface area (Å²) in [7, 11) is 0. The Kier molecular flexibility index (Phi) is 4.00. The van der Waals surface area contributed by atoms with E-state index in [-0.39, 0.29) is 0 Å². The summed E-state index contributed by atoms with van der Waals surface area (Å²) in [5.41, 5.74) is 4.12. The normalized spacial score (nSPS) is 11.4. The molecule has 0 saturated heterocycles. The molecule has 0 aliphatic heterocycles. The highest BCUT2D eigenvalue weighted by Gasteiger charge is 2.11. The van der Waals surface area contributed by atoms with Crippen molar-refractivity contribution >= 4 is 11.6 Å². The zero-order valence-corrected chi connectivity index (χ0v) is 10.2. The molecule has 0 radical (unpaired) electrons. The van der Waals surface area contributed by atoms with Crippen molar-refractivity contribution in [1.82, 2.24) is 0 Å². The van der Waals surface area contributed by atoms with E-state index in [2.05, 4.69) is 45.9 Å². The summed E-state index contributed by atoms with van der Waals surface area (Å²) in [6.45, 7) is 8.87. The van der Waals surface area contributed by atoms with Gasteiger partial charge in [0.1, 0.15) is 0 Å². The Hall–Kier alpha value is -0.490. The highest BCUT2D eigenvalue weighted by Crippen LogP contribution is 2.28. The van der Waals surface area contributed by atoms with Crippen LogP contribution in [0.15, 0.2) is 18.2 Å². The standard InChI is InChI=1S/C13H19Cl/c1-9(2)11-6-5-7-12(10(3)4)13(11)8-14/h5-7,9-10H,8H2,1-4H3. The first kappa shape index (κ1) is 11.6. The molecule has 0 N–H and O–H groups in total. The molecular weight excluding hydrogens is 192 g/mol. The van der Waals surface area contributed by atoms with Crippen LogP contribution in [-0.4, -0.2) is 0 Å². The maximum Gasteiger partial charge on any atom is 0.0479 e. The van der Waals surface area contributed by atoms with Gasteiger partial charge in [-0.3, -0.25) is 0 Å². The topological polar surface area (TPSA) is 0 Å². The monoisotopic (exact) mass is 210 g/mol. The van der Waals surface area contributed by atoms with E-state index in [0.717, 1.165) is 0 Å². The molecule has 0 nitrogen and oxygen atoms in total. The highest BCUT2D eigenvalue weighted by atomic mass is 35.5. The maximum absolute atomic E-state index is 6.03. The fourth-order valence-corrected chi connectivity index (χ4v) is 2.17. The van der Waals surface area contributed by atoms with Crippen molar-refractivity contribution in [3.05, 3.63) is 34.9 Å². The van der Waals surface area contributed by atoms with Gasteiger partial charge in [0.25, 0.3) is 0 Å². The molecule has 0 spiro atoms. The predicted molar refractivity (Wildman–Crippen MR) is 64.2 cm³/mol. The SMILES string of the molecule is CC(C)c1cccc(C(C)C)c1CCl. The molecule has 0 atom stereocenters. The number of hydrogen-bond acceptors (Lipinski definition) is 0. The molecule has 1 aromatic carbocycles. The van der Waals surface area contributed by atoms with Gasteiger partial charge in [0.05, 0.1) is 0 Å². The van der Waals surface area contributed by atoms with Crippen LogP contribution in [-0.2, 0) is 5.88 Å². The smallest absolute Gasteiger partial charge is 0.0479 e. The van der Waals surface area contributed by atoms with E-state index in [4.69, 9.17) is 11.6 Å². The number of halogens is 1. The van der Waals surface area contributed by atoms with E-state index >= 15 is 0 Å². The molecule has 78 valence electrons. The van der Waals surface area contributed by atoms with E-state index in [1.165, 1.54) is 16.7 Å². The average Bonchev–Trinajstić information content (AvgIpc) is 2.16. The van der Waals surface area contributed by atoms with Crippen LogP contribution in [0.3, 0.4) is 0 Å². The van der Waals surface area contributed by atoms with E-state index in [0.29, 0.717) is 17.7 Å². The number of benzene rings is 1. The van der Waals surface area contributed by atoms with Gasteiger partial charge in [-0.05, 0) is 28.5 Å². The first-order valence-electron chi connectivity index (χ1n) is 5.25. The molecule has 1 aromatic rings. The minimum absolute atomic E-state index is 0.558. The summed E-state index contributed by atoms with van der Waals surface area (Å²) in [5.74, 6) is 1.74. The lowest BCUT2D eigenvalue weighted by molar-refractivity contribution is 0.814. The van der Waals surface area contributed by atoms with Gasteiger partial charge in [-0.15, -0.1) is 11.6 Å². The van der Waals surface area contributed by atoms with Crippen molar-refractivity contribution in [3.8, 4) is 0 Å². The molecule has 0 aromatic heterocycles. The Balaban J connectivity index is 3.25. The minimum atomic E-state index is 0.558. The lowest BCUT2D eigenvalue weighted by Crippen LogP contribution is -2.01. The van der Waals surface area contributed by atoms with Crippen LogP contribution >= 0.6 is 11.6 Å². The minimum Gasteiger partial charge on any atom is -0.122 e. The molecule has 1 heteroatoms. The van der Waals surface area contributed by atoms with E-state index in [1.807, 2.05) is 0 Å². The van der Waals surface area contributed by atoms with E-state index in [9.17, 15) is 0 Å². The van der Waals surface area contributed by atoms with Crippen LogP contribution in [0.5, 0.6) is 0 Å². The third kappa shape index (κ3) is 2.30. The van der Waals surface area contributed by atoms with Gasteiger partial charge in [0.2, 0.25) is 0 Å². The summed E-state index contributed by atoms with van der Waals surface area (Å²) < 4.78 is 0. The lowest BCUT2D eigenvalue weighted by Gasteiger charge is -2.17. The second-order valence-corrected chi connectivity index (χ2v) is 4.63. The second-order valence-electron chi connectivity index (χ2n) is 4.36. The molecule has 1 rings (SSSR count). The first-order valence-corrected chi connectivity index (χ1v) is 5.79. The first-order chi connectivity index (χ1) is 6.57. The third-order valence-corrected chi connectivity index (χ3v) is 2.89. The predicted octanol–water partition coefficient (Wildman–Crippen LogP) is 4.67. The van der Waals surface area contributed by atoms with Gasteiger partial charge in [-0.25, -0.2) is 0 Å². The van der Waals surface area contributed by atoms with Gasteiger partial charge in [0.15, 0.2) is 0 Å². The molecule has 0 aliphatic rings. The molecule has 0 fully saturated rings. The van der Waals surface area contributed by atoms with E-state index in [1.54, 1.807) is 0 Å². The molecule has 14 heavy (non-hydrogen) atoms. The summed E-state index contributed by atoms with van der Waals surface area (Å²) in [6, 6.07) is 6.52. The van der Waals surface area contributed by atoms with E-state index < -0.39 is 0 Å². The maximum atomic E-state index is 6.03. The van der Waals surface area contributed by atoms with Gasteiger partial charge >= 0.3 is 0 Å². The Morgan fingerprint density at radius 2 is 1.43 bits per heavy atom. The Bertz CT molecular complexity index is 274. The summed E-state index contributed by atoms with van der Waals surface area (Å²) >= 11 is 6.03. The fraction of sp³-hybridized carbons (Fsp3) is 0.538. The van der Waals surface area contributed by atoms with Crippen LogP contribution in [0.25, 0.3) is 0 Å². The van der Waals surface area contributed by atoms with Crippen LogP contribution < -0.4 is 0 Å². The zero-order chi connectivity index (χ0) is 10.7. The van der Waals surface area contributed by atoms with Gasteiger partial charge in [-0.1, -0.05) is 45.9 Å². The van der Waals surface area contributed by atoms with Crippen LogP contribution in [0, 0.1) is 0 Å². The van der Waals surface area contributed by atoms with Crippen molar-refractivity contribution in [3.63, 3.8) is 0 Å². The molecule has 0 heterocycles. The van der Waals surface area contributed by atoms with Crippen LogP contribution in [0.4, 0.5) is 0 Å². The highest BCUT2D eigenvalue weighted by molar-refractivity contribution is 6.17. The number of alkyl halides is 1. The molecule has 0 amide bonds. The zero-order valence-electron chi connectivity index (χ0n) is 9.47. The molecule has 0 bridgehead atoms. The number of hydrogen-bond donors (Lipinski definition) is 0. The third-order valence-electron chi connectivity index (χ3n) is 2.63. The van der Waals surface area contributed by atoms with Crippen molar-refractivity contribution in [2.75, 3.05) is 0 Å². The average molecular weight is 211 g/mol. The summed E-state index contributed by atoms with van der Waals surface area (Å²) in [6.07, 6.45) is 0. The Labute approximate surface area is 92.3 Å². The quantitative estimate of drug-likeness (QED) is 0.636. The molecule has 0 aliphatic carbocycles. The largest absolute Gasteiger partial charge is 0.122 e. The van der Waals surface area contributed by atoms with Crippen LogP contribution in [0.2, 0.25) is 0 Å². The lowest BCUT2D eigenvalue weighted by atomic mass is 9.90. The molecule has 0 unspecified atom stereocenters. The second kappa shape index (κ2) is 4.84. The van der Waals surface area contributed by atoms with Crippen molar-refractivity contribution < 1.29 is 0 Å². The molecule has 0 saturated carbocycles. The number of rotatable bonds is 3. The van der Waals surface area contributed by atoms with Crippen molar-refractivity contribution in [1.29, 1.82) is 0 Å². The summed E-state index contributed by atoms with van der Waals surface area (Å²) in [4.78, 5) is 0.